The van der Waals surface area contributed by atoms with Crippen LogP contribution in [0.15, 0.2) is 0 Å². The van der Waals surface area contributed by atoms with Crippen molar-refractivity contribution < 1.29 is 4.79 Å². The number of aromatic nitrogens is 2. The molecule has 0 atom stereocenters. The predicted molar refractivity (Wildman–Crippen MR) is 68.7 cm³/mol. The van der Waals surface area contributed by atoms with Gasteiger partial charge in [-0.05, 0) is 37.1 Å². The third-order valence-electron chi connectivity index (χ3n) is 2.56. The Morgan fingerprint density at radius 1 is 1.47 bits per heavy atom. The second kappa shape index (κ2) is 4.92. The summed E-state index contributed by atoms with van der Waals surface area (Å²) < 4.78 is 3.78. The Morgan fingerprint density at radius 2 is 2.18 bits per heavy atom. The van der Waals surface area contributed by atoms with Crippen LogP contribution >= 0.6 is 23.8 Å². The Kier molecular flexibility index (Phi) is 3.53. The molecule has 2 rings (SSSR count). The first kappa shape index (κ1) is 12.2. The van der Waals surface area contributed by atoms with E-state index in [1.54, 1.807) is 24.0 Å². The van der Waals surface area contributed by atoms with E-state index in [-0.39, 0.29) is 5.91 Å². The molecule has 1 aromatic rings. The molecule has 1 aliphatic rings. The van der Waals surface area contributed by atoms with Crippen molar-refractivity contribution in [2.45, 2.75) is 13.3 Å². The average Bonchev–Trinajstić information content (AvgIpc) is 2.95. The molecule has 17 heavy (non-hydrogen) atoms. The summed E-state index contributed by atoms with van der Waals surface area (Å²) in [6.45, 7) is 3.22. The molecule has 0 radical (unpaired) electrons. The summed E-state index contributed by atoms with van der Waals surface area (Å²) in [5, 5.41) is 10.7. The van der Waals surface area contributed by atoms with Gasteiger partial charge in [0.2, 0.25) is 0 Å². The molecule has 1 aromatic heterocycles. The lowest BCUT2D eigenvalue weighted by molar-refractivity contribution is 0.0497. The van der Waals surface area contributed by atoms with Gasteiger partial charge in [0, 0.05) is 20.1 Å². The van der Waals surface area contributed by atoms with Gasteiger partial charge in [0.05, 0.1) is 5.69 Å². The van der Waals surface area contributed by atoms with Gasteiger partial charge in [0.1, 0.15) is 4.88 Å². The third-order valence-corrected chi connectivity index (χ3v) is 3.79. The van der Waals surface area contributed by atoms with Crippen LogP contribution in [-0.2, 0) is 0 Å². The molecule has 0 spiro atoms. The maximum Gasteiger partial charge on any atom is 0.286 e. The predicted octanol–water partition coefficient (Wildman–Crippen LogP) is 0.414. The smallest absolute Gasteiger partial charge is 0.286 e. The van der Waals surface area contributed by atoms with E-state index in [2.05, 4.69) is 14.9 Å². The number of hydrogen-bond acceptors (Lipinski definition) is 5. The highest BCUT2D eigenvalue weighted by Crippen LogP contribution is 2.18. The van der Waals surface area contributed by atoms with Gasteiger partial charge in [0.15, 0.2) is 5.11 Å². The number of hydrazine groups is 1. The molecule has 1 saturated heterocycles. The highest BCUT2D eigenvalue weighted by molar-refractivity contribution is 7.80. The lowest BCUT2D eigenvalue weighted by Crippen LogP contribution is -2.48. The second-order valence-corrected chi connectivity index (χ2v) is 4.79. The molecule has 0 saturated carbocycles. The Balaban J connectivity index is 2.19. The summed E-state index contributed by atoms with van der Waals surface area (Å²) in [4.78, 5) is 12.9. The molecule has 1 fully saturated rings. The van der Waals surface area contributed by atoms with Crippen LogP contribution in [0, 0.1) is 6.92 Å². The van der Waals surface area contributed by atoms with E-state index in [0.717, 1.165) is 24.5 Å². The van der Waals surface area contributed by atoms with E-state index in [9.17, 15) is 4.79 Å². The summed E-state index contributed by atoms with van der Waals surface area (Å²) in [5.74, 6) is -0.0763. The molecule has 0 aliphatic carbocycles. The zero-order valence-corrected chi connectivity index (χ0v) is 11.3. The van der Waals surface area contributed by atoms with E-state index in [1.807, 2.05) is 0 Å². The number of hydrogen-bond donors (Lipinski definition) is 1. The van der Waals surface area contributed by atoms with Crippen molar-refractivity contribution in [3.63, 3.8) is 0 Å². The van der Waals surface area contributed by atoms with Crippen molar-refractivity contribution in [3.8, 4) is 0 Å². The van der Waals surface area contributed by atoms with Crippen LogP contribution in [0.1, 0.15) is 21.8 Å². The quantitative estimate of drug-likeness (QED) is 0.747. The maximum absolute atomic E-state index is 12.3. The van der Waals surface area contributed by atoms with Crippen LogP contribution in [0.2, 0.25) is 0 Å². The van der Waals surface area contributed by atoms with Gasteiger partial charge in [-0.1, -0.05) is 4.49 Å². The normalized spacial score (nSPS) is 15.2. The van der Waals surface area contributed by atoms with Crippen LogP contribution < -0.4 is 5.32 Å². The number of nitrogens with zero attached hydrogens (tertiary/aromatic N) is 4. The van der Waals surface area contributed by atoms with Crippen molar-refractivity contribution >= 4 is 34.8 Å². The number of carbonyl (C=O) groups excluding carboxylic acids is 1. The van der Waals surface area contributed by atoms with E-state index in [1.165, 1.54) is 0 Å². The Bertz CT molecular complexity index is 446. The molecule has 1 N–H and O–H groups in total. The number of aryl methyl sites for hydroxylation is 1. The minimum atomic E-state index is -0.0763. The Morgan fingerprint density at radius 3 is 2.76 bits per heavy atom. The highest BCUT2D eigenvalue weighted by Gasteiger charge is 2.31. The molecule has 2 heterocycles. The van der Waals surface area contributed by atoms with Gasteiger partial charge in [-0.15, -0.1) is 5.10 Å². The highest BCUT2D eigenvalue weighted by atomic mass is 32.1. The average molecular weight is 271 g/mol. The SMILES string of the molecule is CNC(=S)N1CCCN1C(=O)c1snnc1C. The summed E-state index contributed by atoms with van der Waals surface area (Å²) in [6.07, 6.45) is 0.916. The molecule has 8 heteroatoms. The summed E-state index contributed by atoms with van der Waals surface area (Å²) in [6, 6.07) is 0. The van der Waals surface area contributed by atoms with E-state index in [0.29, 0.717) is 22.2 Å². The summed E-state index contributed by atoms with van der Waals surface area (Å²) in [5.41, 5.74) is 0.669. The topological polar surface area (TPSA) is 61.4 Å². The monoisotopic (exact) mass is 271 g/mol. The number of amides is 1. The number of thiocarbonyl (C=S) groups is 1. The number of rotatable bonds is 1. The van der Waals surface area contributed by atoms with Crippen LogP contribution in [0.5, 0.6) is 0 Å². The van der Waals surface area contributed by atoms with Gasteiger partial charge in [0.25, 0.3) is 5.91 Å². The lowest BCUT2D eigenvalue weighted by atomic mass is 10.3. The molecule has 1 amide bonds. The van der Waals surface area contributed by atoms with E-state index >= 15 is 0 Å². The van der Waals surface area contributed by atoms with E-state index in [4.69, 9.17) is 12.2 Å². The second-order valence-electron chi connectivity index (χ2n) is 3.65. The zero-order valence-electron chi connectivity index (χ0n) is 9.63. The van der Waals surface area contributed by atoms with E-state index < -0.39 is 0 Å². The van der Waals surface area contributed by atoms with Gasteiger partial charge in [-0.2, -0.15) is 0 Å². The number of carbonyl (C=O) groups is 1. The fraction of sp³-hybridized carbons (Fsp3) is 0.556. The molecule has 0 aromatic carbocycles. The van der Waals surface area contributed by atoms with Crippen molar-refractivity contribution in [3.05, 3.63) is 10.6 Å². The largest absolute Gasteiger partial charge is 0.364 e. The maximum atomic E-state index is 12.3. The minimum Gasteiger partial charge on any atom is -0.364 e. The van der Waals surface area contributed by atoms with Crippen molar-refractivity contribution in [2.24, 2.45) is 0 Å². The Hall–Kier alpha value is -1.28. The van der Waals surface area contributed by atoms with Crippen molar-refractivity contribution in [1.82, 2.24) is 24.9 Å². The van der Waals surface area contributed by atoms with Gasteiger partial charge in [-0.3, -0.25) is 9.80 Å². The molecule has 1 aliphatic heterocycles. The van der Waals surface area contributed by atoms with Crippen LogP contribution in [0.3, 0.4) is 0 Å². The van der Waals surface area contributed by atoms with Gasteiger partial charge < -0.3 is 5.32 Å². The third kappa shape index (κ3) is 2.22. The first-order valence-electron chi connectivity index (χ1n) is 5.25. The van der Waals surface area contributed by atoms with Crippen molar-refractivity contribution in [2.75, 3.05) is 20.1 Å². The molecule has 92 valence electrons. The summed E-state index contributed by atoms with van der Waals surface area (Å²) in [7, 11) is 1.75. The Labute approximate surface area is 109 Å². The molecular formula is C9H13N5OS2. The standard InChI is InChI=1S/C9H13N5OS2/c1-6-7(17-12-11-6)8(15)13-4-3-5-14(13)9(16)10-2/h3-5H2,1-2H3,(H,10,16). The molecular weight excluding hydrogens is 258 g/mol. The fourth-order valence-electron chi connectivity index (χ4n) is 1.71. The van der Waals surface area contributed by atoms with Crippen molar-refractivity contribution in [1.29, 1.82) is 0 Å². The summed E-state index contributed by atoms with van der Waals surface area (Å²) >= 11 is 6.29. The first-order valence-corrected chi connectivity index (χ1v) is 6.43. The van der Waals surface area contributed by atoms with Crippen LogP contribution in [-0.4, -0.2) is 50.8 Å². The lowest BCUT2D eigenvalue weighted by Gasteiger charge is -2.29. The first-order chi connectivity index (χ1) is 8.15. The number of nitrogens with one attached hydrogen (secondary N) is 1. The molecule has 0 unspecified atom stereocenters. The van der Waals surface area contributed by atoms with Crippen LogP contribution in [0.4, 0.5) is 0 Å². The zero-order chi connectivity index (χ0) is 12.4. The van der Waals surface area contributed by atoms with Gasteiger partial charge >= 0.3 is 0 Å². The molecule has 0 bridgehead atoms. The molecule has 6 nitrogen and oxygen atoms in total. The van der Waals surface area contributed by atoms with Crippen LogP contribution in [0.25, 0.3) is 0 Å². The fourth-order valence-corrected chi connectivity index (χ4v) is 2.50. The minimum absolute atomic E-state index is 0.0763. The van der Waals surface area contributed by atoms with Gasteiger partial charge in [-0.25, -0.2) is 5.01 Å².